The largest absolute Gasteiger partial charge is 0.370 e. The molecule has 0 bridgehead atoms. The number of anilines is 1. The van der Waals surface area contributed by atoms with Crippen molar-refractivity contribution >= 4 is 23.4 Å². The van der Waals surface area contributed by atoms with Crippen LogP contribution in [0.3, 0.4) is 0 Å². The minimum Gasteiger partial charge on any atom is -0.370 e. The molecule has 10 nitrogen and oxygen atoms in total. The molecule has 1 aliphatic rings. The molecule has 1 heterocycles. The van der Waals surface area contributed by atoms with Crippen LogP contribution >= 0.6 is 0 Å². The first-order valence-electron chi connectivity index (χ1n) is 12.4. The number of rotatable bonds is 12. The van der Waals surface area contributed by atoms with E-state index in [4.69, 9.17) is 14.8 Å². The van der Waals surface area contributed by atoms with E-state index >= 15 is 0 Å². The number of carbonyl (C=O) groups excluding carboxylic acids is 3. The molecular weight excluding hydrogens is 464 g/mol. The van der Waals surface area contributed by atoms with Gasteiger partial charge in [0, 0.05) is 26.2 Å². The number of aryl methyl sites for hydroxylation is 1. The molecule has 1 aromatic carbocycles. The summed E-state index contributed by atoms with van der Waals surface area (Å²) in [5.41, 5.74) is 4.03. The number of nitrogens with zero attached hydrogens (tertiary/aromatic N) is 1. The van der Waals surface area contributed by atoms with Crippen molar-refractivity contribution in [3.05, 3.63) is 29.3 Å². The second-order valence-corrected chi connectivity index (χ2v) is 10.8. The summed E-state index contributed by atoms with van der Waals surface area (Å²) >= 11 is 0. The summed E-state index contributed by atoms with van der Waals surface area (Å²) in [4.78, 5) is 44.7. The Morgan fingerprint density at radius 2 is 1.86 bits per heavy atom. The van der Waals surface area contributed by atoms with E-state index in [0.717, 1.165) is 16.8 Å². The Kier molecular flexibility index (Phi) is 10.8. The zero-order chi connectivity index (χ0) is 27.0. The first-order chi connectivity index (χ1) is 16.9. The predicted octanol–water partition coefficient (Wildman–Crippen LogP) is 2.33. The SMILES string of the molecule is CNC(=O)[C@@H](NC(=O)[C@H](CC(C)C)C(CONO)OCc1ccc2c(c1)CCC(=O)N2C)C(C)(C)C. The highest BCUT2D eigenvalue weighted by atomic mass is 16.8. The monoisotopic (exact) mass is 506 g/mol. The lowest BCUT2D eigenvalue weighted by Gasteiger charge is -2.33. The highest BCUT2D eigenvalue weighted by molar-refractivity contribution is 5.95. The first kappa shape index (κ1) is 29.7. The molecule has 0 aliphatic carbocycles. The van der Waals surface area contributed by atoms with E-state index in [9.17, 15) is 14.4 Å². The minimum atomic E-state index is -0.734. The molecule has 1 unspecified atom stereocenters. The molecule has 202 valence electrons. The topological polar surface area (TPSA) is 129 Å². The highest BCUT2D eigenvalue weighted by Crippen LogP contribution is 2.29. The second kappa shape index (κ2) is 13.1. The molecule has 10 heteroatoms. The molecule has 1 aromatic rings. The van der Waals surface area contributed by atoms with E-state index < -0.39 is 23.5 Å². The van der Waals surface area contributed by atoms with Gasteiger partial charge in [0.05, 0.1) is 25.2 Å². The zero-order valence-electron chi connectivity index (χ0n) is 22.5. The van der Waals surface area contributed by atoms with Crippen LogP contribution < -0.4 is 21.2 Å². The molecule has 0 saturated carbocycles. The number of amides is 3. The van der Waals surface area contributed by atoms with Gasteiger partial charge in [-0.25, -0.2) is 0 Å². The Morgan fingerprint density at radius 1 is 1.17 bits per heavy atom. The van der Waals surface area contributed by atoms with Gasteiger partial charge in [-0.15, -0.1) is 0 Å². The lowest BCUT2D eigenvalue weighted by Crippen LogP contribution is -2.55. The van der Waals surface area contributed by atoms with E-state index in [1.54, 1.807) is 17.6 Å². The number of hydrogen-bond donors (Lipinski definition) is 4. The van der Waals surface area contributed by atoms with E-state index in [2.05, 4.69) is 10.6 Å². The van der Waals surface area contributed by atoms with Gasteiger partial charge >= 0.3 is 0 Å². The number of ether oxygens (including phenoxy) is 1. The van der Waals surface area contributed by atoms with Gasteiger partial charge in [-0.1, -0.05) is 52.4 Å². The van der Waals surface area contributed by atoms with Crippen LogP contribution in [0.15, 0.2) is 18.2 Å². The van der Waals surface area contributed by atoms with Crippen molar-refractivity contribution in [3.8, 4) is 0 Å². The fourth-order valence-corrected chi connectivity index (χ4v) is 4.41. The number of benzene rings is 1. The molecule has 0 radical (unpaired) electrons. The van der Waals surface area contributed by atoms with Crippen molar-refractivity contribution in [2.75, 3.05) is 25.6 Å². The van der Waals surface area contributed by atoms with Crippen LogP contribution in [0.25, 0.3) is 0 Å². The van der Waals surface area contributed by atoms with Crippen molar-refractivity contribution in [1.82, 2.24) is 16.3 Å². The molecule has 3 amide bonds. The van der Waals surface area contributed by atoms with Crippen LogP contribution in [0.5, 0.6) is 0 Å². The van der Waals surface area contributed by atoms with E-state index in [1.807, 2.05) is 52.8 Å². The van der Waals surface area contributed by atoms with Crippen molar-refractivity contribution in [2.45, 2.75) is 72.6 Å². The fourth-order valence-electron chi connectivity index (χ4n) is 4.41. The number of nitrogens with one attached hydrogen (secondary N) is 3. The molecule has 0 spiro atoms. The highest BCUT2D eigenvalue weighted by Gasteiger charge is 2.37. The summed E-state index contributed by atoms with van der Waals surface area (Å²) < 4.78 is 6.19. The summed E-state index contributed by atoms with van der Waals surface area (Å²) in [5, 5.41) is 14.6. The Balaban J connectivity index is 2.24. The zero-order valence-corrected chi connectivity index (χ0v) is 22.5. The summed E-state index contributed by atoms with van der Waals surface area (Å²) in [6.07, 6.45) is 0.924. The number of fused-ring (bicyclic) bond motifs is 1. The van der Waals surface area contributed by atoms with Crippen LogP contribution in [-0.2, 0) is 37.0 Å². The molecule has 3 atom stereocenters. The van der Waals surface area contributed by atoms with Crippen molar-refractivity contribution in [1.29, 1.82) is 0 Å². The third kappa shape index (κ3) is 7.99. The van der Waals surface area contributed by atoms with Crippen LogP contribution in [-0.4, -0.2) is 55.8 Å². The molecule has 0 saturated heterocycles. The molecule has 36 heavy (non-hydrogen) atoms. The summed E-state index contributed by atoms with van der Waals surface area (Å²) in [6, 6.07) is 5.08. The predicted molar refractivity (Wildman–Crippen MR) is 136 cm³/mol. The Morgan fingerprint density at radius 3 is 2.44 bits per heavy atom. The average Bonchev–Trinajstić information content (AvgIpc) is 2.82. The van der Waals surface area contributed by atoms with Gasteiger partial charge in [-0.3, -0.25) is 24.4 Å². The van der Waals surface area contributed by atoms with Gasteiger partial charge in [-0.2, -0.15) is 0 Å². The number of hydrogen-bond acceptors (Lipinski definition) is 7. The van der Waals surface area contributed by atoms with Gasteiger partial charge < -0.3 is 20.3 Å². The molecule has 4 N–H and O–H groups in total. The number of carbonyl (C=O) groups is 3. The Labute approximate surface area is 214 Å². The fraction of sp³-hybridized carbons (Fsp3) is 0.654. The van der Waals surface area contributed by atoms with Gasteiger partial charge in [0.15, 0.2) is 0 Å². The molecule has 1 aliphatic heterocycles. The smallest absolute Gasteiger partial charge is 0.242 e. The maximum atomic E-state index is 13.5. The quantitative estimate of drug-likeness (QED) is 0.320. The van der Waals surface area contributed by atoms with E-state index in [-0.39, 0.29) is 36.9 Å². The van der Waals surface area contributed by atoms with Gasteiger partial charge in [0.1, 0.15) is 6.04 Å². The number of likely N-dealkylation sites (N-methyl/N-ethyl adjacent to an activating group) is 1. The summed E-state index contributed by atoms with van der Waals surface area (Å²) in [6.45, 7) is 9.80. The Bertz CT molecular complexity index is 914. The van der Waals surface area contributed by atoms with Crippen molar-refractivity contribution in [3.63, 3.8) is 0 Å². The average molecular weight is 507 g/mol. The van der Waals surface area contributed by atoms with Gasteiger partial charge in [0.2, 0.25) is 17.7 Å². The third-order valence-corrected chi connectivity index (χ3v) is 6.44. The van der Waals surface area contributed by atoms with Crippen LogP contribution in [0.1, 0.15) is 58.6 Å². The third-order valence-electron chi connectivity index (χ3n) is 6.44. The lowest BCUT2D eigenvalue weighted by atomic mass is 9.84. The summed E-state index contributed by atoms with van der Waals surface area (Å²) in [7, 11) is 3.31. The van der Waals surface area contributed by atoms with Crippen molar-refractivity contribution in [2.24, 2.45) is 17.3 Å². The standard InChI is InChI=1S/C26H42N4O6/c1-16(2)12-19(24(32)28-23(25(33)27-6)26(3,4)5)21(15-36-29-34)35-14-17-8-10-20-18(13-17)9-11-22(31)30(20)7/h8,10,13,16,19,21,23,29,34H,9,11-12,14-15H2,1-7H3,(H,27,33)(H,28,32)/t19-,21?,23-/m1/s1. The second-order valence-electron chi connectivity index (χ2n) is 10.8. The molecular formula is C26H42N4O6. The molecule has 0 fully saturated rings. The minimum absolute atomic E-state index is 0.0797. The van der Waals surface area contributed by atoms with Crippen LogP contribution in [0.2, 0.25) is 0 Å². The van der Waals surface area contributed by atoms with E-state index in [1.165, 1.54) is 7.05 Å². The molecule has 2 rings (SSSR count). The summed E-state index contributed by atoms with van der Waals surface area (Å²) in [5.74, 6) is -0.965. The lowest BCUT2D eigenvalue weighted by molar-refractivity contribution is -0.170. The van der Waals surface area contributed by atoms with Crippen molar-refractivity contribution < 1.29 is 29.2 Å². The van der Waals surface area contributed by atoms with Gasteiger partial charge in [0.25, 0.3) is 0 Å². The maximum absolute atomic E-state index is 13.5. The van der Waals surface area contributed by atoms with E-state index in [0.29, 0.717) is 19.3 Å². The normalized spacial score (nSPS) is 16.4. The molecule has 0 aromatic heterocycles. The first-order valence-corrected chi connectivity index (χ1v) is 12.4. The van der Waals surface area contributed by atoms with Crippen LogP contribution in [0, 0.1) is 17.3 Å². The Hall–Kier alpha value is -2.53. The van der Waals surface area contributed by atoms with Crippen LogP contribution in [0.4, 0.5) is 5.69 Å². The maximum Gasteiger partial charge on any atom is 0.242 e. The van der Waals surface area contributed by atoms with Gasteiger partial charge in [-0.05, 0) is 41.4 Å².